The third-order valence-corrected chi connectivity index (χ3v) is 3.90. The van der Waals surface area contributed by atoms with Crippen LogP contribution in [0.5, 0.6) is 0 Å². The molecule has 2 fully saturated rings. The molecule has 1 amide bonds. The van der Waals surface area contributed by atoms with Gasteiger partial charge in [-0.3, -0.25) is 4.79 Å². The van der Waals surface area contributed by atoms with E-state index in [0.717, 1.165) is 12.1 Å². The first-order valence-corrected chi connectivity index (χ1v) is 6.60. The van der Waals surface area contributed by atoms with Crippen molar-refractivity contribution in [3.8, 4) is 0 Å². The van der Waals surface area contributed by atoms with Crippen LogP contribution in [0.25, 0.3) is 0 Å². The fraction of sp³-hybridized carbons (Fsp3) is 0.500. The van der Waals surface area contributed by atoms with Crippen molar-refractivity contribution < 1.29 is 27.8 Å². The number of carbonyl (C=O) groups excluding carboxylic acids is 1. The first kappa shape index (κ1) is 14.3. The molecular formula is C14H14F3NO3. The second-order valence-corrected chi connectivity index (χ2v) is 5.44. The number of ether oxygens (including phenoxy) is 1. The SMILES string of the molecule is O=C(C1CO1)N1CCC(O)(c2cccc(C(F)(F)F)c2)C1. The van der Waals surface area contributed by atoms with Crippen molar-refractivity contribution in [1.82, 2.24) is 4.90 Å². The standard InChI is InChI=1S/C14H14F3NO3/c15-14(16,17)10-3-1-2-9(6-10)13(20)4-5-18(8-13)12(19)11-7-21-11/h1-3,6,11,20H,4-5,7-8H2. The van der Waals surface area contributed by atoms with Crippen molar-refractivity contribution in [3.05, 3.63) is 35.4 Å². The van der Waals surface area contributed by atoms with Crippen LogP contribution in [0.1, 0.15) is 17.5 Å². The molecule has 2 saturated heterocycles. The first-order chi connectivity index (χ1) is 9.79. The van der Waals surface area contributed by atoms with Gasteiger partial charge in [-0.15, -0.1) is 0 Å². The number of aliphatic hydroxyl groups is 1. The Balaban J connectivity index is 1.81. The quantitative estimate of drug-likeness (QED) is 0.843. The van der Waals surface area contributed by atoms with E-state index in [2.05, 4.69) is 0 Å². The molecule has 2 aliphatic rings. The van der Waals surface area contributed by atoms with E-state index in [-0.39, 0.29) is 24.4 Å². The van der Waals surface area contributed by atoms with Gasteiger partial charge in [-0.1, -0.05) is 12.1 Å². The van der Waals surface area contributed by atoms with E-state index in [1.165, 1.54) is 17.0 Å². The van der Waals surface area contributed by atoms with E-state index < -0.39 is 23.4 Å². The van der Waals surface area contributed by atoms with E-state index in [9.17, 15) is 23.1 Å². The van der Waals surface area contributed by atoms with Gasteiger partial charge in [0.25, 0.3) is 5.91 Å². The van der Waals surface area contributed by atoms with Gasteiger partial charge in [-0.05, 0) is 24.1 Å². The number of carbonyl (C=O) groups is 1. The Morgan fingerprint density at radius 3 is 2.76 bits per heavy atom. The minimum Gasteiger partial charge on any atom is -0.383 e. The van der Waals surface area contributed by atoms with E-state index in [0.29, 0.717) is 13.2 Å². The lowest BCUT2D eigenvalue weighted by molar-refractivity contribution is -0.138. The molecule has 2 aliphatic heterocycles. The van der Waals surface area contributed by atoms with Crippen molar-refractivity contribution in [2.75, 3.05) is 19.7 Å². The molecule has 0 saturated carbocycles. The predicted octanol–water partition coefficient (Wildman–Crippen LogP) is 1.52. The number of halogens is 3. The average Bonchev–Trinajstić information content (AvgIpc) is 3.20. The van der Waals surface area contributed by atoms with Gasteiger partial charge in [-0.2, -0.15) is 13.2 Å². The molecule has 1 aromatic rings. The fourth-order valence-corrected chi connectivity index (χ4v) is 2.60. The summed E-state index contributed by atoms with van der Waals surface area (Å²) in [6, 6.07) is 4.63. The largest absolute Gasteiger partial charge is 0.416 e. The van der Waals surface area contributed by atoms with E-state index >= 15 is 0 Å². The van der Waals surface area contributed by atoms with Crippen LogP contribution < -0.4 is 0 Å². The Bertz CT molecular complexity index is 571. The zero-order chi connectivity index (χ0) is 15.3. The smallest absolute Gasteiger partial charge is 0.383 e. The van der Waals surface area contributed by atoms with Crippen LogP contribution in [0.3, 0.4) is 0 Å². The minimum absolute atomic E-state index is 0.00694. The van der Waals surface area contributed by atoms with Gasteiger partial charge in [0.05, 0.1) is 18.7 Å². The summed E-state index contributed by atoms with van der Waals surface area (Å²) in [6.45, 7) is 0.676. The average molecular weight is 301 g/mol. The second kappa shape index (κ2) is 4.71. The highest BCUT2D eigenvalue weighted by molar-refractivity contribution is 5.83. The summed E-state index contributed by atoms with van der Waals surface area (Å²) in [5, 5.41) is 10.6. The van der Waals surface area contributed by atoms with Gasteiger partial charge >= 0.3 is 6.18 Å². The number of hydrogen-bond donors (Lipinski definition) is 1. The van der Waals surface area contributed by atoms with E-state index in [1.807, 2.05) is 0 Å². The highest BCUT2D eigenvalue weighted by Gasteiger charge is 2.44. The molecule has 0 bridgehead atoms. The molecule has 1 N–H and O–H groups in total. The van der Waals surface area contributed by atoms with Gasteiger partial charge in [-0.25, -0.2) is 0 Å². The third kappa shape index (κ3) is 2.75. The van der Waals surface area contributed by atoms with E-state index in [1.54, 1.807) is 0 Å². The van der Waals surface area contributed by atoms with Gasteiger partial charge < -0.3 is 14.7 Å². The summed E-state index contributed by atoms with van der Waals surface area (Å²) in [7, 11) is 0. The molecule has 3 rings (SSSR count). The van der Waals surface area contributed by atoms with Crippen LogP contribution in [0.15, 0.2) is 24.3 Å². The number of epoxide rings is 1. The number of benzene rings is 1. The van der Waals surface area contributed by atoms with Crippen LogP contribution in [-0.2, 0) is 21.3 Å². The van der Waals surface area contributed by atoms with E-state index in [4.69, 9.17) is 4.74 Å². The molecular weight excluding hydrogens is 287 g/mol. The van der Waals surface area contributed by atoms with Crippen molar-refractivity contribution >= 4 is 5.91 Å². The molecule has 0 aromatic heterocycles. The van der Waals surface area contributed by atoms with Crippen LogP contribution >= 0.6 is 0 Å². The van der Waals surface area contributed by atoms with Crippen LogP contribution in [0.2, 0.25) is 0 Å². The lowest BCUT2D eigenvalue weighted by atomic mass is 9.91. The summed E-state index contributed by atoms with van der Waals surface area (Å²) >= 11 is 0. The molecule has 2 heterocycles. The summed E-state index contributed by atoms with van der Waals surface area (Å²) in [4.78, 5) is 13.3. The molecule has 114 valence electrons. The molecule has 4 nitrogen and oxygen atoms in total. The number of nitrogens with zero attached hydrogens (tertiary/aromatic N) is 1. The van der Waals surface area contributed by atoms with Crippen LogP contribution in [-0.4, -0.2) is 41.7 Å². The number of likely N-dealkylation sites (tertiary alicyclic amines) is 1. The lowest BCUT2D eigenvalue weighted by Crippen LogP contribution is -2.36. The van der Waals surface area contributed by atoms with Gasteiger partial charge in [0, 0.05) is 6.54 Å². The minimum atomic E-state index is -4.46. The maximum Gasteiger partial charge on any atom is 0.416 e. The van der Waals surface area contributed by atoms with Crippen molar-refractivity contribution in [2.45, 2.75) is 24.3 Å². The molecule has 2 unspecified atom stereocenters. The number of rotatable bonds is 2. The monoisotopic (exact) mass is 301 g/mol. The Labute approximate surface area is 119 Å². The Morgan fingerprint density at radius 2 is 2.14 bits per heavy atom. The number of hydrogen-bond acceptors (Lipinski definition) is 3. The molecule has 21 heavy (non-hydrogen) atoms. The van der Waals surface area contributed by atoms with Gasteiger partial charge in [0.2, 0.25) is 0 Å². The molecule has 0 spiro atoms. The molecule has 2 atom stereocenters. The van der Waals surface area contributed by atoms with Crippen LogP contribution in [0, 0.1) is 0 Å². The maximum atomic E-state index is 12.7. The third-order valence-electron chi connectivity index (χ3n) is 3.90. The number of β-amino-alcohol motifs (C(OH)–C–C–N with tert-alkyl or cyclic N) is 1. The molecule has 0 radical (unpaired) electrons. The second-order valence-electron chi connectivity index (χ2n) is 5.44. The van der Waals surface area contributed by atoms with Gasteiger partial charge in [0.1, 0.15) is 5.60 Å². The fourth-order valence-electron chi connectivity index (χ4n) is 2.60. The van der Waals surface area contributed by atoms with Crippen molar-refractivity contribution in [1.29, 1.82) is 0 Å². The summed E-state index contributed by atoms with van der Waals surface area (Å²) in [6.07, 6.45) is -4.69. The molecule has 1 aromatic carbocycles. The van der Waals surface area contributed by atoms with Crippen molar-refractivity contribution in [3.63, 3.8) is 0 Å². The molecule has 7 heteroatoms. The Kier molecular flexibility index (Phi) is 3.22. The first-order valence-electron chi connectivity index (χ1n) is 6.60. The van der Waals surface area contributed by atoms with Crippen molar-refractivity contribution in [2.24, 2.45) is 0 Å². The summed E-state index contributed by atoms with van der Waals surface area (Å²) in [5.74, 6) is -0.210. The highest BCUT2D eigenvalue weighted by Crippen LogP contribution is 2.36. The Morgan fingerprint density at radius 1 is 1.43 bits per heavy atom. The normalized spacial score (nSPS) is 28.8. The number of amides is 1. The van der Waals surface area contributed by atoms with Crippen LogP contribution in [0.4, 0.5) is 13.2 Å². The predicted molar refractivity (Wildman–Crippen MR) is 66.3 cm³/mol. The zero-order valence-corrected chi connectivity index (χ0v) is 11.1. The Hall–Kier alpha value is -1.60. The summed E-state index contributed by atoms with van der Waals surface area (Å²) in [5.41, 5.74) is -2.06. The topological polar surface area (TPSA) is 53.1 Å². The van der Waals surface area contributed by atoms with Gasteiger partial charge in [0.15, 0.2) is 6.10 Å². The molecule has 0 aliphatic carbocycles. The number of alkyl halides is 3. The maximum absolute atomic E-state index is 12.7. The zero-order valence-electron chi connectivity index (χ0n) is 11.1. The summed E-state index contributed by atoms with van der Waals surface area (Å²) < 4.78 is 43.1. The highest BCUT2D eigenvalue weighted by atomic mass is 19.4. The lowest BCUT2D eigenvalue weighted by Gasteiger charge is -2.24.